The van der Waals surface area contributed by atoms with E-state index in [9.17, 15) is 51.8 Å². The fourth-order valence-corrected chi connectivity index (χ4v) is 1.38. The molecule has 0 aliphatic heterocycles. The van der Waals surface area contributed by atoms with Gasteiger partial charge in [-0.25, -0.2) is 0 Å². The molecule has 0 N–H and O–H groups in total. The van der Waals surface area contributed by atoms with Gasteiger partial charge in [0.1, 0.15) is 0 Å². The van der Waals surface area contributed by atoms with Gasteiger partial charge in [0.25, 0.3) is 0 Å². The van der Waals surface area contributed by atoms with E-state index in [1.807, 2.05) is 0 Å². The third-order valence-electron chi connectivity index (χ3n) is 1.97. The van der Waals surface area contributed by atoms with Crippen LogP contribution in [0.25, 0.3) is 0 Å². The van der Waals surface area contributed by atoms with Crippen LogP contribution < -0.4 is 0 Å². The molecule has 0 saturated heterocycles. The summed E-state index contributed by atoms with van der Waals surface area (Å²) in [7, 11) is -18.0. The summed E-state index contributed by atoms with van der Waals surface area (Å²) >= 11 is 0. The fraction of sp³-hybridized carbons (Fsp3) is 0.182. The summed E-state index contributed by atoms with van der Waals surface area (Å²) in [5, 5.41) is 0. The van der Waals surface area contributed by atoms with Crippen molar-refractivity contribution in [2.24, 2.45) is 0 Å². The van der Waals surface area contributed by atoms with Crippen molar-refractivity contribution in [1.29, 1.82) is 0 Å². The number of rotatable bonds is 2. The quantitative estimate of drug-likeness (QED) is 0.244. The molecule has 0 heterocycles. The summed E-state index contributed by atoms with van der Waals surface area (Å²) in [6, 6.07) is 0. The van der Waals surface area contributed by atoms with Crippen molar-refractivity contribution in [2.75, 3.05) is 0 Å². The van der Waals surface area contributed by atoms with Crippen LogP contribution in [0.3, 0.4) is 0 Å². The molecular formula is C11H11B3F12Ti. The van der Waals surface area contributed by atoms with Gasteiger partial charge in [0.15, 0.2) is 0 Å². The Morgan fingerprint density at radius 3 is 0.926 bits per heavy atom. The predicted molar refractivity (Wildman–Crippen MR) is 78.5 cm³/mol. The Balaban J connectivity index is -0.000000311. The Morgan fingerprint density at radius 2 is 0.778 bits per heavy atom. The normalized spacial score (nSPS) is 15.0. The van der Waals surface area contributed by atoms with Crippen molar-refractivity contribution >= 4 is 21.8 Å². The van der Waals surface area contributed by atoms with Gasteiger partial charge >= 0.3 is 43.5 Å². The second kappa shape index (κ2) is 14.0. The van der Waals surface area contributed by atoms with Crippen molar-refractivity contribution in [3.8, 4) is 0 Å². The van der Waals surface area contributed by atoms with E-state index >= 15 is 0 Å². The van der Waals surface area contributed by atoms with Gasteiger partial charge < -0.3 is 51.8 Å². The molecule has 0 amide bonds. The smallest absolute Gasteiger partial charge is 0.418 e. The Labute approximate surface area is 162 Å². The Bertz CT molecular complexity index is 442. The van der Waals surface area contributed by atoms with E-state index in [1.165, 1.54) is 11.1 Å². The zero-order valence-electron chi connectivity index (χ0n) is 13.2. The summed E-state index contributed by atoms with van der Waals surface area (Å²) < 4.78 is 117. The third-order valence-corrected chi connectivity index (χ3v) is 1.97. The van der Waals surface area contributed by atoms with Crippen LogP contribution in [0.4, 0.5) is 51.8 Å². The van der Waals surface area contributed by atoms with E-state index in [0.717, 1.165) is 12.8 Å². The van der Waals surface area contributed by atoms with Gasteiger partial charge in [-0.2, -0.15) is 29.7 Å². The summed E-state index contributed by atoms with van der Waals surface area (Å²) in [5.74, 6) is 0. The molecule has 2 aliphatic rings. The zero-order valence-corrected chi connectivity index (χ0v) is 14.8. The molecule has 16 heteroatoms. The summed E-state index contributed by atoms with van der Waals surface area (Å²) in [5.41, 5.74) is 2.86. The molecule has 0 atom stereocenters. The largest absolute Gasteiger partial charge is 4.00 e. The summed E-state index contributed by atoms with van der Waals surface area (Å²) in [4.78, 5) is 0. The van der Waals surface area contributed by atoms with Gasteiger partial charge in [-0.05, 0) is 12.8 Å². The molecule has 152 valence electrons. The second-order valence-electron chi connectivity index (χ2n) is 4.38. The molecule has 2 aliphatic carbocycles. The molecule has 0 aromatic rings. The monoisotopic (exact) mass is 452 g/mol. The third kappa shape index (κ3) is 45.7. The van der Waals surface area contributed by atoms with Crippen LogP contribution in [0.15, 0.2) is 47.6 Å². The van der Waals surface area contributed by atoms with Crippen LogP contribution in [0, 0.1) is 6.42 Å². The topological polar surface area (TPSA) is 0 Å². The van der Waals surface area contributed by atoms with Gasteiger partial charge in [-0.15, -0.1) is 12.2 Å². The summed E-state index contributed by atoms with van der Waals surface area (Å²) in [6.45, 7) is 0. The van der Waals surface area contributed by atoms with E-state index in [2.05, 4.69) is 42.9 Å². The Kier molecular flexibility index (Phi) is 15.9. The average Bonchev–Trinajstić information content (AvgIpc) is 2.95. The fourth-order valence-electron chi connectivity index (χ4n) is 1.38. The van der Waals surface area contributed by atoms with E-state index < -0.39 is 21.8 Å². The summed E-state index contributed by atoms with van der Waals surface area (Å²) in [6.07, 6.45) is 17.5. The van der Waals surface area contributed by atoms with Gasteiger partial charge in [0, 0.05) is 0 Å². The number of allylic oxidation sites excluding steroid dienone is 8. The average molecular weight is 451 g/mol. The minimum absolute atomic E-state index is 0. The maximum atomic E-state index is 9.75. The molecule has 2 rings (SSSR count). The number of hydrogen-bond donors (Lipinski definition) is 0. The Morgan fingerprint density at radius 1 is 0.556 bits per heavy atom. The molecule has 0 aromatic heterocycles. The van der Waals surface area contributed by atoms with Crippen LogP contribution in [0.1, 0.15) is 12.8 Å². The van der Waals surface area contributed by atoms with Crippen molar-refractivity contribution in [1.82, 2.24) is 0 Å². The first-order valence-corrected chi connectivity index (χ1v) is 6.63. The first-order valence-electron chi connectivity index (χ1n) is 6.63. The standard InChI is InChI=1S/C11H11.3BF4.Ti/c1-2-6-10(5-1)9-11-7-3-4-8-11;3*2-1(3,4)5;/h1-5,7,9H,6,8H2;;;;/q4*-1;+4. The Hall–Kier alpha value is -1.10. The maximum absolute atomic E-state index is 9.75. The second-order valence-corrected chi connectivity index (χ2v) is 4.38. The van der Waals surface area contributed by atoms with Crippen LogP contribution in [-0.4, -0.2) is 21.8 Å². The molecule has 0 spiro atoms. The first kappa shape index (κ1) is 30.6. The molecule has 0 unspecified atom stereocenters. The van der Waals surface area contributed by atoms with Crippen LogP contribution >= 0.6 is 0 Å². The van der Waals surface area contributed by atoms with E-state index in [1.54, 1.807) is 0 Å². The van der Waals surface area contributed by atoms with Crippen molar-refractivity contribution in [2.45, 2.75) is 12.8 Å². The van der Waals surface area contributed by atoms with Gasteiger partial charge in [0.05, 0.1) is 0 Å². The van der Waals surface area contributed by atoms with Crippen LogP contribution in [0.2, 0.25) is 0 Å². The van der Waals surface area contributed by atoms with Gasteiger partial charge in [-0.1, -0.05) is 12.2 Å². The van der Waals surface area contributed by atoms with Crippen molar-refractivity contribution in [3.05, 3.63) is 54.0 Å². The van der Waals surface area contributed by atoms with Crippen molar-refractivity contribution in [3.63, 3.8) is 0 Å². The van der Waals surface area contributed by atoms with Gasteiger partial charge in [-0.3, -0.25) is 0 Å². The zero-order chi connectivity index (χ0) is 21.0. The molecule has 0 aromatic carbocycles. The molecule has 0 fully saturated rings. The van der Waals surface area contributed by atoms with Gasteiger partial charge in [0.2, 0.25) is 0 Å². The minimum atomic E-state index is -6.00. The minimum Gasteiger partial charge on any atom is -0.418 e. The maximum Gasteiger partial charge on any atom is 4.00 e. The molecule has 0 bridgehead atoms. The van der Waals surface area contributed by atoms with E-state index in [0.29, 0.717) is 0 Å². The molecule has 0 radical (unpaired) electrons. The predicted octanol–water partition coefficient (Wildman–Crippen LogP) is 6.86. The first-order chi connectivity index (χ1) is 11.4. The molecular weight excluding hydrogens is 440 g/mol. The van der Waals surface area contributed by atoms with Crippen LogP contribution in [0.5, 0.6) is 0 Å². The van der Waals surface area contributed by atoms with Crippen molar-refractivity contribution < 1.29 is 73.5 Å². The molecule has 0 nitrogen and oxygen atoms in total. The van der Waals surface area contributed by atoms with E-state index in [4.69, 9.17) is 0 Å². The van der Waals surface area contributed by atoms with E-state index in [-0.39, 0.29) is 21.7 Å². The van der Waals surface area contributed by atoms with Crippen LogP contribution in [-0.2, 0) is 21.7 Å². The SMILES string of the molecule is C1=CCC([CH-]C2=CC=CC2)=C1.F[B-](F)(F)F.F[B-](F)(F)F.F[B-](F)(F)F.[Ti+4]. The molecule has 27 heavy (non-hydrogen) atoms. The molecule has 0 saturated carbocycles. The number of halogens is 12. The number of hydrogen-bond acceptors (Lipinski definition) is 0.